The summed E-state index contributed by atoms with van der Waals surface area (Å²) < 4.78 is 0. The zero-order chi connectivity index (χ0) is 16.5. The van der Waals surface area contributed by atoms with Crippen LogP contribution in [0.25, 0.3) is 22.8 Å². The van der Waals surface area contributed by atoms with Crippen LogP contribution in [0.2, 0.25) is 0 Å². The largest absolute Gasteiger partial charge is 0.255 e. The summed E-state index contributed by atoms with van der Waals surface area (Å²) in [6.07, 6.45) is 7.07. The van der Waals surface area contributed by atoms with Gasteiger partial charge in [-0.25, -0.2) is 0 Å². The van der Waals surface area contributed by atoms with Crippen molar-refractivity contribution in [2.45, 2.75) is 0 Å². The SMILES string of the molecule is S.c1ccc(-c2ccccn2)nc1.c1ccc(-c2ccccn2)nc1. The van der Waals surface area contributed by atoms with Crippen molar-refractivity contribution in [3.63, 3.8) is 0 Å². The van der Waals surface area contributed by atoms with E-state index in [2.05, 4.69) is 19.9 Å². The van der Waals surface area contributed by atoms with Crippen LogP contribution in [0.4, 0.5) is 0 Å². The van der Waals surface area contributed by atoms with Gasteiger partial charge in [0.2, 0.25) is 0 Å². The smallest absolute Gasteiger partial charge is 0.0886 e. The van der Waals surface area contributed by atoms with E-state index < -0.39 is 0 Å². The summed E-state index contributed by atoms with van der Waals surface area (Å²) in [6, 6.07) is 23.2. The van der Waals surface area contributed by atoms with Crippen molar-refractivity contribution in [3.05, 3.63) is 97.6 Å². The number of pyridine rings is 4. The van der Waals surface area contributed by atoms with Gasteiger partial charge in [-0.05, 0) is 48.5 Å². The second-order valence-electron chi connectivity index (χ2n) is 4.86. The highest BCUT2D eigenvalue weighted by Gasteiger charge is 1.96. The van der Waals surface area contributed by atoms with Crippen molar-refractivity contribution in [3.8, 4) is 22.8 Å². The molecule has 0 amide bonds. The number of hydrogen-bond acceptors (Lipinski definition) is 4. The minimum Gasteiger partial charge on any atom is -0.255 e. The molecule has 4 aromatic heterocycles. The molecule has 4 rings (SSSR count). The van der Waals surface area contributed by atoms with Crippen LogP contribution in [0.5, 0.6) is 0 Å². The first-order chi connectivity index (χ1) is 11.9. The van der Waals surface area contributed by atoms with E-state index in [-0.39, 0.29) is 13.5 Å². The van der Waals surface area contributed by atoms with E-state index in [0.29, 0.717) is 0 Å². The Kier molecular flexibility index (Phi) is 7.28. The van der Waals surface area contributed by atoms with Crippen LogP contribution < -0.4 is 0 Å². The molecule has 0 unspecified atom stereocenters. The van der Waals surface area contributed by atoms with Crippen LogP contribution >= 0.6 is 13.5 Å². The van der Waals surface area contributed by atoms with Crippen LogP contribution in [-0.2, 0) is 0 Å². The Hall–Kier alpha value is -3.05. The van der Waals surface area contributed by atoms with Gasteiger partial charge in [-0.2, -0.15) is 13.5 Å². The highest BCUT2D eigenvalue weighted by molar-refractivity contribution is 7.59. The molecule has 0 aliphatic heterocycles. The maximum absolute atomic E-state index is 4.19. The van der Waals surface area contributed by atoms with E-state index in [1.807, 2.05) is 72.8 Å². The Bertz CT molecular complexity index is 692. The van der Waals surface area contributed by atoms with E-state index in [4.69, 9.17) is 0 Å². The Morgan fingerprint density at radius 1 is 0.360 bits per heavy atom. The molecule has 4 heterocycles. The molecular formula is C20H18N4S. The molecule has 5 heteroatoms. The second kappa shape index (κ2) is 9.95. The summed E-state index contributed by atoms with van der Waals surface area (Å²) >= 11 is 0. The van der Waals surface area contributed by atoms with E-state index in [1.165, 1.54) is 0 Å². The summed E-state index contributed by atoms with van der Waals surface area (Å²) in [5.41, 5.74) is 3.66. The summed E-state index contributed by atoms with van der Waals surface area (Å²) in [6.45, 7) is 0. The molecule has 0 N–H and O–H groups in total. The number of nitrogens with zero attached hydrogens (tertiary/aromatic N) is 4. The van der Waals surface area contributed by atoms with Crippen LogP contribution in [0.15, 0.2) is 97.6 Å². The third-order valence-corrected chi connectivity index (χ3v) is 3.18. The number of rotatable bonds is 2. The van der Waals surface area contributed by atoms with Gasteiger partial charge in [-0.3, -0.25) is 19.9 Å². The fourth-order valence-corrected chi connectivity index (χ4v) is 2.06. The molecule has 0 aliphatic rings. The molecule has 0 fully saturated rings. The second-order valence-corrected chi connectivity index (χ2v) is 4.86. The zero-order valence-corrected chi connectivity index (χ0v) is 14.5. The van der Waals surface area contributed by atoms with Crippen molar-refractivity contribution >= 4 is 13.5 Å². The average Bonchev–Trinajstić information content (AvgIpc) is 2.71. The van der Waals surface area contributed by atoms with Gasteiger partial charge in [-0.15, -0.1) is 0 Å². The third-order valence-electron chi connectivity index (χ3n) is 3.18. The molecule has 0 bridgehead atoms. The first-order valence-corrected chi connectivity index (χ1v) is 7.58. The normalized spacial score (nSPS) is 9.28. The fourth-order valence-electron chi connectivity index (χ4n) is 2.06. The molecule has 0 saturated heterocycles. The first-order valence-electron chi connectivity index (χ1n) is 7.58. The lowest BCUT2D eigenvalue weighted by Crippen LogP contribution is -1.83. The summed E-state index contributed by atoms with van der Waals surface area (Å²) in [4.78, 5) is 16.7. The Morgan fingerprint density at radius 2 is 0.600 bits per heavy atom. The zero-order valence-electron chi connectivity index (χ0n) is 13.5. The van der Waals surface area contributed by atoms with E-state index >= 15 is 0 Å². The van der Waals surface area contributed by atoms with Crippen LogP contribution in [-0.4, -0.2) is 19.9 Å². The topological polar surface area (TPSA) is 51.6 Å². The Morgan fingerprint density at radius 3 is 0.760 bits per heavy atom. The highest BCUT2D eigenvalue weighted by Crippen LogP contribution is 2.11. The molecule has 4 aromatic rings. The van der Waals surface area contributed by atoms with Gasteiger partial charge in [0.25, 0.3) is 0 Å². The van der Waals surface area contributed by atoms with Crippen molar-refractivity contribution < 1.29 is 0 Å². The maximum Gasteiger partial charge on any atom is 0.0886 e. The van der Waals surface area contributed by atoms with Gasteiger partial charge in [0.15, 0.2) is 0 Å². The van der Waals surface area contributed by atoms with Crippen LogP contribution in [0.3, 0.4) is 0 Å². The van der Waals surface area contributed by atoms with E-state index in [1.54, 1.807) is 24.8 Å². The molecule has 0 saturated carbocycles. The van der Waals surface area contributed by atoms with Crippen molar-refractivity contribution in [2.24, 2.45) is 0 Å². The molecule has 0 aromatic carbocycles. The van der Waals surface area contributed by atoms with Gasteiger partial charge in [0.1, 0.15) is 0 Å². The molecular weight excluding hydrogens is 328 g/mol. The molecule has 0 radical (unpaired) electrons. The monoisotopic (exact) mass is 346 g/mol. The van der Waals surface area contributed by atoms with Crippen molar-refractivity contribution in [1.29, 1.82) is 0 Å². The molecule has 124 valence electrons. The van der Waals surface area contributed by atoms with Crippen molar-refractivity contribution in [1.82, 2.24) is 19.9 Å². The third kappa shape index (κ3) is 5.51. The molecule has 0 atom stereocenters. The highest BCUT2D eigenvalue weighted by atomic mass is 32.1. The van der Waals surface area contributed by atoms with Crippen molar-refractivity contribution in [2.75, 3.05) is 0 Å². The van der Waals surface area contributed by atoms with Gasteiger partial charge in [0.05, 0.1) is 22.8 Å². The van der Waals surface area contributed by atoms with Crippen LogP contribution in [0.1, 0.15) is 0 Å². The lowest BCUT2D eigenvalue weighted by Gasteiger charge is -1.96. The molecule has 25 heavy (non-hydrogen) atoms. The molecule has 4 nitrogen and oxygen atoms in total. The van der Waals surface area contributed by atoms with Gasteiger partial charge >= 0.3 is 0 Å². The standard InChI is InChI=1S/2C10H8N2.H2S/c2*1-3-7-11-9(5-1)10-6-2-4-8-12-10;/h2*1-8H;1H2. The van der Waals surface area contributed by atoms with E-state index in [9.17, 15) is 0 Å². The Labute approximate surface area is 154 Å². The maximum atomic E-state index is 4.19. The van der Waals surface area contributed by atoms with Gasteiger partial charge in [0, 0.05) is 24.8 Å². The molecule has 0 spiro atoms. The van der Waals surface area contributed by atoms with E-state index in [0.717, 1.165) is 22.8 Å². The summed E-state index contributed by atoms with van der Waals surface area (Å²) in [5, 5.41) is 0. The average molecular weight is 346 g/mol. The molecule has 0 aliphatic carbocycles. The lowest BCUT2D eigenvalue weighted by atomic mass is 10.2. The van der Waals surface area contributed by atoms with Crippen LogP contribution in [0, 0.1) is 0 Å². The van der Waals surface area contributed by atoms with Gasteiger partial charge < -0.3 is 0 Å². The first kappa shape index (κ1) is 18.3. The number of aromatic nitrogens is 4. The minimum atomic E-state index is 0. The lowest BCUT2D eigenvalue weighted by molar-refractivity contribution is 1.25. The summed E-state index contributed by atoms with van der Waals surface area (Å²) in [7, 11) is 0. The Balaban J connectivity index is 0.000000173. The quantitative estimate of drug-likeness (QED) is 0.540. The minimum absolute atomic E-state index is 0. The fraction of sp³-hybridized carbons (Fsp3) is 0. The number of hydrogen-bond donors (Lipinski definition) is 0. The predicted molar refractivity (Wildman–Crippen MR) is 105 cm³/mol. The van der Waals surface area contributed by atoms with Gasteiger partial charge in [-0.1, -0.05) is 24.3 Å². The predicted octanol–water partition coefficient (Wildman–Crippen LogP) is 4.40. The summed E-state index contributed by atoms with van der Waals surface area (Å²) in [5.74, 6) is 0.